The number of hydrogen-bond donors (Lipinski definition) is 1. The van der Waals surface area contributed by atoms with Crippen LogP contribution in [0.3, 0.4) is 0 Å². The number of aromatic nitrogens is 3. The number of carbonyl (C=O) groups excluding carboxylic acids is 2. The van der Waals surface area contributed by atoms with E-state index in [0.717, 1.165) is 6.42 Å². The summed E-state index contributed by atoms with van der Waals surface area (Å²) < 4.78 is 0. The van der Waals surface area contributed by atoms with E-state index in [1.807, 2.05) is 32.0 Å². The molecule has 2 aromatic rings. The third-order valence-electron chi connectivity index (χ3n) is 3.89. The zero-order chi connectivity index (χ0) is 17.1. The van der Waals surface area contributed by atoms with E-state index >= 15 is 0 Å². The standard InChI is InChI=1S/C16H19N5O2S/c1-10(2)13(21-9-5-7-12(21)22)14(23)18-16-20-19-15(24-16)11-6-3-4-8-17-11/h3-4,6,8,10,13H,5,7,9H2,1-2H3,(H,18,20,23)/t13-/m1/s1. The maximum absolute atomic E-state index is 12.7. The molecule has 0 radical (unpaired) electrons. The van der Waals surface area contributed by atoms with Crippen molar-refractivity contribution in [2.75, 3.05) is 11.9 Å². The molecule has 0 aromatic carbocycles. The fourth-order valence-electron chi connectivity index (χ4n) is 2.81. The summed E-state index contributed by atoms with van der Waals surface area (Å²) in [5.74, 6) is -0.158. The Kier molecular flexibility index (Phi) is 4.84. The first-order valence-electron chi connectivity index (χ1n) is 7.91. The predicted octanol–water partition coefficient (Wildman–Crippen LogP) is 2.19. The van der Waals surface area contributed by atoms with Crippen LogP contribution in [0.4, 0.5) is 5.13 Å². The van der Waals surface area contributed by atoms with Gasteiger partial charge in [0.2, 0.25) is 16.9 Å². The van der Waals surface area contributed by atoms with Crippen LogP contribution in [0.25, 0.3) is 10.7 Å². The minimum Gasteiger partial charge on any atom is -0.330 e. The SMILES string of the molecule is CC(C)[C@H](C(=O)Nc1nnc(-c2ccccn2)s1)N1CCCC1=O. The number of nitrogens with zero attached hydrogens (tertiary/aromatic N) is 4. The lowest BCUT2D eigenvalue weighted by Crippen LogP contribution is -2.47. The lowest BCUT2D eigenvalue weighted by atomic mass is 10.0. The number of nitrogens with one attached hydrogen (secondary N) is 1. The van der Waals surface area contributed by atoms with E-state index in [1.165, 1.54) is 11.3 Å². The number of pyridine rings is 1. The van der Waals surface area contributed by atoms with Crippen molar-refractivity contribution in [1.29, 1.82) is 0 Å². The van der Waals surface area contributed by atoms with Crippen molar-refractivity contribution in [2.24, 2.45) is 5.92 Å². The number of hydrogen-bond acceptors (Lipinski definition) is 6. The molecule has 1 N–H and O–H groups in total. The smallest absolute Gasteiger partial charge is 0.249 e. The largest absolute Gasteiger partial charge is 0.330 e. The van der Waals surface area contributed by atoms with E-state index in [4.69, 9.17) is 0 Å². The molecule has 2 aromatic heterocycles. The highest BCUT2D eigenvalue weighted by molar-refractivity contribution is 7.18. The average molecular weight is 345 g/mol. The molecular weight excluding hydrogens is 326 g/mol. The maximum Gasteiger partial charge on any atom is 0.249 e. The quantitative estimate of drug-likeness (QED) is 0.897. The highest BCUT2D eigenvalue weighted by Gasteiger charge is 2.35. The molecule has 0 bridgehead atoms. The highest BCUT2D eigenvalue weighted by Crippen LogP contribution is 2.26. The van der Waals surface area contributed by atoms with E-state index in [9.17, 15) is 9.59 Å². The number of amides is 2. The molecule has 1 aliphatic rings. The van der Waals surface area contributed by atoms with Crippen LogP contribution in [-0.4, -0.2) is 44.5 Å². The topological polar surface area (TPSA) is 88.1 Å². The van der Waals surface area contributed by atoms with Crippen molar-refractivity contribution in [3.8, 4) is 10.7 Å². The van der Waals surface area contributed by atoms with Gasteiger partial charge in [0.25, 0.3) is 0 Å². The second-order valence-corrected chi connectivity index (χ2v) is 6.97. The van der Waals surface area contributed by atoms with Gasteiger partial charge < -0.3 is 4.90 Å². The zero-order valence-corrected chi connectivity index (χ0v) is 14.4. The van der Waals surface area contributed by atoms with E-state index in [1.54, 1.807) is 11.1 Å². The zero-order valence-electron chi connectivity index (χ0n) is 13.6. The number of likely N-dealkylation sites (tertiary alicyclic amines) is 1. The Morgan fingerprint density at radius 3 is 2.79 bits per heavy atom. The molecule has 7 nitrogen and oxygen atoms in total. The Morgan fingerprint density at radius 1 is 1.33 bits per heavy atom. The van der Waals surface area contributed by atoms with E-state index in [0.29, 0.717) is 28.8 Å². The fourth-order valence-corrected chi connectivity index (χ4v) is 3.54. The minimum atomic E-state index is -0.484. The van der Waals surface area contributed by atoms with Crippen molar-refractivity contribution >= 4 is 28.3 Å². The van der Waals surface area contributed by atoms with E-state index in [-0.39, 0.29) is 17.7 Å². The van der Waals surface area contributed by atoms with Crippen LogP contribution < -0.4 is 5.32 Å². The van der Waals surface area contributed by atoms with Gasteiger partial charge in [-0.15, -0.1) is 10.2 Å². The van der Waals surface area contributed by atoms with Crippen LogP contribution in [0.2, 0.25) is 0 Å². The molecule has 0 aliphatic carbocycles. The van der Waals surface area contributed by atoms with Gasteiger partial charge in [-0.1, -0.05) is 31.3 Å². The molecule has 1 aliphatic heterocycles. The first kappa shape index (κ1) is 16.5. The summed E-state index contributed by atoms with van der Waals surface area (Å²) in [5.41, 5.74) is 0.714. The minimum absolute atomic E-state index is 0.0234. The van der Waals surface area contributed by atoms with Gasteiger partial charge in [-0.3, -0.25) is 19.9 Å². The first-order chi connectivity index (χ1) is 11.6. The summed E-state index contributed by atoms with van der Waals surface area (Å²) in [5, 5.41) is 11.9. The number of anilines is 1. The summed E-state index contributed by atoms with van der Waals surface area (Å²) in [6.45, 7) is 4.51. The molecule has 24 heavy (non-hydrogen) atoms. The van der Waals surface area contributed by atoms with Gasteiger partial charge in [-0.25, -0.2) is 0 Å². The number of rotatable bonds is 5. The van der Waals surface area contributed by atoms with Gasteiger partial charge >= 0.3 is 0 Å². The van der Waals surface area contributed by atoms with Gasteiger partial charge in [0.05, 0.1) is 0 Å². The van der Waals surface area contributed by atoms with Crippen LogP contribution >= 0.6 is 11.3 Å². The van der Waals surface area contributed by atoms with Crippen molar-refractivity contribution in [3.05, 3.63) is 24.4 Å². The summed E-state index contributed by atoms with van der Waals surface area (Å²) in [6, 6.07) is 5.05. The van der Waals surface area contributed by atoms with Crippen LogP contribution in [0, 0.1) is 5.92 Å². The van der Waals surface area contributed by atoms with Crippen LogP contribution in [0.5, 0.6) is 0 Å². The van der Waals surface area contributed by atoms with Crippen LogP contribution in [0.15, 0.2) is 24.4 Å². The van der Waals surface area contributed by atoms with Crippen molar-refractivity contribution in [3.63, 3.8) is 0 Å². The molecule has 126 valence electrons. The van der Waals surface area contributed by atoms with Gasteiger partial charge in [0.15, 0.2) is 5.01 Å². The molecule has 3 heterocycles. The summed E-state index contributed by atoms with van der Waals surface area (Å²) in [6.07, 6.45) is 3.00. The Balaban J connectivity index is 1.74. The summed E-state index contributed by atoms with van der Waals surface area (Å²) >= 11 is 1.27. The predicted molar refractivity (Wildman–Crippen MR) is 91.3 cm³/mol. The lowest BCUT2D eigenvalue weighted by Gasteiger charge is -2.29. The first-order valence-corrected chi connectivity index (χ1v) is 8.73. The average Bonchev–Trinajstić information content (AvgIpc) is 3.18. The van der Waals surface area contributed by atoms with Gasteiger partial charge in [0.1, 0.15) is 11.7 Å². The molecule has 0 spiro atoms. The Labute approximate surface area is 144 Å². The van der Waals surface area contributed by atoms with Gasteiger partial charge in [0, 0.05) is 19.2 Å². The van der Waals surface area contributed by atoms with E-state index in [2.05, 4.69) is 20.5 Å². The fraction of sp³-hybridized carbons (Fsp3) is 0.438. The molecule has 1 fully saturated rings. The number of carbonyl (C=O) groups is 2. The molecule has 8 heteroatoms. The normalized spacial score (nSPS) is 15.8. The summed E-state index contributed by atoms with van der Waals surface area (Å²) in [4.78, 5) is 30.5. The highest BCUT2D eigenvalue weighted by atomic mass is 32.1. The Hall–Kier alpha value is -2.35. The van der Waals surface area contributed by atoms with Crippen molar-refractivity contribution in [1.82, 2.24) is 20.1 Å². The summed E-state index contributed by atoms with van der Waals surface area (Å²) in [7, 11) is 0. The van der Waals surface area contributed by atoms with Crippen LogP contribution in [0.1, 0.15) is 26.7 Å². The van der Waals surface area contributed by atoms with Crippen LogP contribution in [-0.2, 0) is 9.59 Å². The van der Waals surface area contributed by atoms with Crippen molar-refractivity contribution < 1.29 is 9.59 Å². The Morgan fingerprint density at radius 2 is 2.17 bits per heavy atom. The maximum atomic E-state index is 12.7. The second-order valence-electron chi connectivity index (χ2n) is 6.00. The third kappa shape index (κ3) is 3.43. The molecule has 1 saturated heterocycles. The third-order valence-corrected chi connectivity index (χ3v) is 4.75. The molecule has 1 atom stereocenters. The molecule has 0 unspecified atom stereocenters. The monoisotopic (exact) mass is 345 g/mol. The van der Waals surface area contributed by atoms with Crippen molar-refractivity contribution in [2.45, 2.75) is 32.7 Å². The van der Waals surface area contributed by atoms with Gasteiger partial charge in [-0.05, 0) is 24.5 Å². The molecular formula is C16H19N5O2S. The lowest BCUT2D eigenvalue weighted by molar-refractivity contribution is -0.136. The van der Waals surface area contributed by atoms with E-state index < -0.39 is 6.04 Å². The van der Waals surface area contributed by atoms with Gasteiger partial charge in [-0.2, -0.15) is 0 Å². The second kappa shape index (κ2) is 7.04. The molecule has 2 amide bonds. The molecule has 0 saturated carbocycles. The Bertz CT molecular complexity index is 731. The molecule has 3 rings (SSSR count).